The lowest BCUT2D eigenvalue weighted by Crippen LogP contribution is -2.19. The highest BCUT2D eigenvalue weighted by Crippen LogP contribution is 2.29. The molecule has 0 aliphatic rings. The molecule has 0 aliphatic carbocycles. The molecule has 17 heavy (non-hydrogen) atoms. The van der Waals surface area contributed by atoms with Crippen molar-refractivity contribution in [3.8, 4) is 0 Å². The molecule has 3 N–H and O–H groups in total. The highest BCUT2D eigenvalue weighted by atomic mass is 35.5. The minimum absolute atomic E-state index is 0.0695. The van der Waals surface area contributed by atoms with Crippen molar-refractivity contribution in [1.82, 2.24) is 10.3 Å². The molecule has 2 rings (SSSR count). The monoisotopic (exact) mass is 251 g/mol. The van der Waals surface area contributed by atoms with Crippen LogP contribution < -0.4 is 11.1 Å². The number of anilines is 1. The van der Waals surface area contributed by atoms with E-state index in [4.69, 9.17) is 21.8 Å². The first-order valence-corrected chi connectivity index (χ1v) is 5.63. The van der Waals surface area contributed by atoms with E-state index >= 15 is 0 Å². The number of nitrogens with one attached hydrogen (secondary N) is 1. The van der Waals surface area contributed by atoms with Crippen molar-refractivity contribution in [1.29, 1.82) is 0 Å². The van der Waals surface area contributed by atoms with Gasteiger partial charge in [0.1, 0.15) is 11.6 Å². The molecule has 0 aromatic carbocycles. The van der Waals surface area contributed by atoms with Gasteiger partial charge in [-0.1, -0.05) is 11.6 Å². The maximum Gasteiger partial charge on any atom is 0.128 e. The first-order chi connectivity index (χ1) is 8.13. The Morgan fingerprint density at radius 3 is 2.82 bits per heavy atom. The van der Waals surface area contributed by atoms with Gasteiger partial charge in [-0.2, -0.15) is 0 Å². The lowest BCUT2D eigenvalue weighted by atomic mass is 10.00. The third kappa shape index (κ3) is 2.28. The molecule has 2 aromatic heterocycles. The van der Waals surface area contributed by atoms with Gasteiger partial charge in [0, 0.05) is 17.3 Å². The minimum atomic E-state index is -0.0695. The number of furan rings is 1. The van der Waals surface area contributed by atoms with Crippen molar-refractivity contribution < 1.29 is 4.42 Å². The number of aromatic nitrogens is 1. The molecule has 90 valence electrons. The summed E-state index contributed by atoms with van der Waals surface area (Å²) in [5.74, 6) is 1.32. The lowest BCUT2D eigenvalue weighted by Gasteiger charge is -2.17. The van der Waals surface area contributed by atoms with Gasteiger partial charge < -0.3 is 15.5 Å². The van der Waals surface area contributed by atoms with Crippen molar-refractivity contribution in [3.63, 3.8) is 0 Å². The molecule has 0 saturated heterocycles. The predicted molar refractivity (Wildman–Crippen MR) is 68.0 cm³/mol. The van der Waals surface area contributed by atoms with Crippen molar-refractivity contribution in [3.05, 3.63) is 46.5 Å². The van der Waals surface area contributed by atoms with Crippen LogP contribution in [0.5, 0.6) is 0 Å². The first kappa shape index (κ1) is 12.0. The van der Waals surface area contributed by atoms with Crippen molar-refractivity contribution in [2.24, 2.45) is 0 Å². The molecule has 2 aromatic rings. The molecule has 2 heterocycles. The summed E-state index contributed by atoms with van der Waals surface area (Å²) in [5.41, 5.74) is 7.76. The molecule has 0 spiro atoms. The summed E-state index contributed by atoms with van der Waals surface area (Å²) in [7, 11) is 1.86. The molecule has 4 nitrogen and oxygen atoms in total. The molecular weight excluding hydrogens is 238 g/mol. The van der Waals surface area contributed by atoms with E-state index in [0.29, 0.717) is 10.8 Å². The normalized spacial score (nSPS) is 12.6. The van der Waals surface area contributed by atoms with Crippen molar-refractivity contribution >= 4 is 17.4 Å². The second-order valence-corrected chi connectivity index (χ2v) is 4.22. The molecule has 0 amide bonds. The number of nitrogens with two attached hydrogens (primary N) is 1. The van der Waals surface area contributed by atoms with E-state index < -0.39 is 0 Å². The molecule has 0 fully saturated rings. The predicted octanol–water partition coefficient (Wildman–Crippen LogP) is 2.53. The Balaban J connectivity index is 2.49. The summed E-state index contributed by atoms with van der Waals surface area (Å²) in [4.78, 5) is 4.06. The van der Waals surface area contributed by atoms with Crippen molar-refractivity contribution in [2.45, 2.75) is 13.0 Å². The highest BCUT2D eigenvalue weighted by Gasteiger charge is 2.19. The topological polar surface area (TPSA) is 64.1 Å². The van der Waals surface area contributed by atoms with E-state index in [9.17, 15) is 0 Å². The summed E-state index contributed by atoms with van der Waals surface area (Å²) in [6, 6.07) is 3.66. The van der Waals surface area contributed by atoms with Gasteiger partial charge in [-0.25, -0.2) is 4.98 Å². The van der Waals surface area contributed by atoms with Gasteiger partial charge in [-0.05, 0) is 26.1 Å². The molecule has 0 saturated carbocycles. The van der Waals surface area contributed by atoms with E-state index in [2.05, 4.69) is 10.3 Å². The Kier molecular flexibility index (Phi) is 3.36. The molecule has 0 bridgehead atoms. The fourth-order valence-corrected chi connectivity index (χ4v) is 2.04. The molecule has 5 heteroatoms. The number of nitrogens with zero attached hydrogens (tertiary/aromatic N) is 1. The summed E-state index contributed by atoms with van der Waals surface area (Å²) >= 11 is 5.95. The maximum absolute atomic E-state index is 5.95. The van der Waals surface area contributed by atoms with Crippen LogP contribution in [0.4, 0.5) is 5.82 Å². The number of pyridine rings is 1. The highest BCUT2D eigenvalue weighted by molar-refractivity contribution is 6.30. The van der Waals surface area contributed by atoms with E-state index in [1.807, 2.05) is 26.1 Å². The summed E-state index contributed by atoms with van der Waals surface area (Å²) in [5, 5.41) is 3.76. The lowest BCUT2D eigenvalue weighted by molar-refractivity contribution is 0.523. The van der Waals surface area contributed by atoms with Crippen LogP contribution in [0.25, 0.3) is 0 Å². The van der Waals surface area contributed by atoms with Gasteiger partial charge in [0.2, 0.25) is 0 Å². The second-order valence-electron chi connectivity index (χ2n) is 3.78. The van der Waals surface area contributed by atoms with Gasteiger partial charge in [0.15, 0.2) is 0 Å². The van der Waals surface area contributed by atoms with Crippen LogP contribution in [-0.2, 0) is 0 Å². The molecular formula is C12H14ClN3O. The van der Waals surface area contributed by atoms with Crippen LogP contribution in [-0.4, -0.2) is 12.0 Å². The Labute approximate surface area is 105 Å². The quantitative estimate of drug-likeness (QED) is 0.880. The van der Waals surface area contributed by atoms with Crippen LogP contribution in [0.3, 0.4) is 0 Å². The number of rotatable bonds is 3. The standard InChI is InChI=1S/C12H14ClN3O/c1-7-9(3-4-17-7)11(15-2)10-5-8(13)6-16-12(10)14/h3-6,11,15H,1-2H3,(H2,14,16). The van der Waals surface area contributed by atoms with Gasteiger partial charge in [-0.3, -0.25) is 0 Å². The summed E-state index contributed by atoms with van der Waals surface area (Å²) in [6.07, 6.45) is 3.19. The number of nitrogen functional groups attached to an aromatic ring is 1. The van der Waals surface area contributed by atoms with Crippen LogP contribution >= 0.6 is 11.6 Å². The van der Waals surface area contributed by atoms with E-state index in [-0.39, 0.29) is 6.04 Å². The zero-order chi connectivity index (χ0) is 12.4. The zero-order valence-electron chi connectivity index (χ0n) is 9.70. The summed E-state index contributed by atoms with van der Waals surface area (Å²) in [6.45, 7) is 1.91. The zero-order valence-corrected chi connectivity index (χ0v) is 10.5. The smallest absolute Gasteiger partial charge is 0.128 e. The van der Waals surface area contributed by atoms with E-state index in [1.54, 1.807) is 6.26 Å². The van der Waals surface area contributed by atoms with Crippen LogP contribution in [0.15, 0.2) is 29.0 Å². The molecule has 1 atom stereocenters. The molecule has 0 radical (unpaired) electrons. The van der Waals surface area contributed by atoms with Crippen molar-refractivity contribution in [2.75, 3.05) is 12.8 Å². The fourth-order valence-electron chi connectivity index (χ4n) is 1.87. The van der Waals surface area contributed by atoms with Gasteiger partial charge in [0.05, 0.1) is 17.3 Å². The van der Waals surface area contributed by atoms with Gasteiger partial charge in [-0.15, -0.1) is 0 Å². The summed E-state index contributed by atoms with van der Waals surface area (Å²) < 4.78 is 5.30. The van der Waals surface area contributed by atoms with Gasteiger partial charge >= 0.3 is 0 Å². The fraction of sp³-hybridized carbons (Fsp3) is 0.250. The number of halogens is 1. The van der Waals surface area contributed by atoms with Gasteiger partial charge in [0.25, 0.3) is 0 Å². The number of hydrogen-bond donors (Lipinski definition) is 2. The minimum Gasteiger partial charge on any atom is -0.469 e. The number of hydrogen-bond acceptors (Lipinski definition) is 4. The Hall–Kier alpha value is -1.52. The third-order valence-electron chi connectivity index (χ3n) is 2.73. The molecule has 0 aliphatic heterocycles. The first-order valence-electron chi connectivity index (χ1n) is 5.25. The Morgan fingerprint density at radius 1 is 1.47 bits per heavy atom. The Morgan fingerprint density at radius 2 is 2.24 bits per heavy atom. The second kappa shape index (κ2) is 4.77. The third-order valence-corrected chi connectivity index (χ3v) is 2.93. The van der Waals surface area contributed by atoms with Crippen LogP contribution in [0.1, 0.15) is 22.9 Å². The van der Waals surface area contributed by atoms with Crippen LogP contribution in [0, 0.1) is 6.92 Å². The average molecular weight is 252 g/mol. The average Bonchev–Trinajstić information content (AvgIpc) is 2.71. The SMILES string of the molecule is CNC(c1cc(Cl)cnc1N)c1ccoc1C. The number of aryl methyl sites for hydroxylation is 1. The van der Waals surface area contributed by atoms with Crippen LogP contribution in [0.2, 0.25) is 5.02 Å². The Bertz CT molecular complexity index is 524. The molecule has 1 unspecified atom stereocenters. The maximum atomic E-state index is 5.95. The van der Waals surface area contributed by atoms with E-state index in [1.165, 1.54) is 6.20 Å². The largest absolute Gasteiger partial charge is 0.469 e. The van der Waals surface area contributed by atoms with E-state index in [0.717, 1.165) is 16.9 Å².